The van der Waals surface area contributed by atoms with Crippen LogP contribution in [0.4, 0.5) is 0 Å². The summed E-state index contributed by atoms with van der Waals surface area (Å²) in [6.45, 7) is 4.14. The van der Waals surface area contributed by atoms with Gasteiger partial charge in [0.15, 0.2) is 0 Å². The van der Waals surface area contributed by atoms with Gasteiger partial charge >= 0.3 is 0 Å². The molecule has 2 rings (SSSR count). The van der Waals surface area contributed by atoms with Crippen LogP contribution in [-0.2, 0) is 10.8 Å². The van der Waals surface area contributed by atoms with Gasteiger partial charge in [-0.2, -0.15) is 0 Å². The summed E-state index contributed by atoms with van der Waals surface area (Å²) in [5.74, 6) is 0. The molecule has 81 valence electrons. The summed E-state index contributed by atoms with van der Waals surface area (Å²) in [7, 11) is 3.14. The molecule has 0 saturated carbocycles. The Balaban J connectivity index is 2.45. The molecular formula is C14H15OSi. The van der Waals surface area contributed by atoms with Crippen LogP contribution in [0.3, 0.4) is 0 Å². The molecule has 0 fully saturated rings. The number of rotatable bonds is 3. The Hall–Kier alpha value is -1.12. The van der Waals surface area contributed by atoms with E-state index in [-0.39, 0.29) is 5.60 Å². The van der Waals surface area contributed by atoms with Crippen molar-refractivity contribution in [1.82, 2.24) is 0 Å². The minimum atomic E-state index is -0.193. The standard InChI is InChI=1S/C14H15OSi/c1-14(2,15-16)10-12-8-5-7-11-6-3-4-9-13(11)12/h3-9H,10H2,1-2H3. The van der Waals surface area contributed by atoms with Gasteiger partial charge in [0.2, 0.25) is 10.5 Å². The molecule has 2 aromatic carbocycles. The van der Waals surface area contributed by atoms with Gasteiger partial charge in [-0.3, -0.25) is 0 Å². The molecule has 16 heavy (non-hydrogen) atoms. The first-order chi connectivity index (χ1) is 7.62. The summed E-state index contributed by atoms with van der Waals surface area (Å²) in [6, 6.07) is 14.8. The highest BCUT2D eigenvalue weighted by Gasteiger charge is 2.17. The second-order valence-electron chi connectivity index (χ2n) is 4.68. The summed E-state index contributed by atoms with van der Waals surface area (Å²) in [4.78, 5) is 0. The van der Waals surface area contributed by atoms with Gasteiger partial charge in [0.05, 0.1) is 5.60 Å². The molecule has 0 aromatic heterocycles. The van der Waals surface area contributed by atoms with Gasteiger partial charge in [-0.15, -0.1) is 0 Å². The molecule has 0 spiro atoms. The highest BCUT2D eigenvalue weighted by molar-refractivity contribution is 5.98. The van der Waals surface area contributed by atoms with Gasteiger partial charge in [0.1, 0.15) is 0 Å². The van der Waals surface area contributed by atoms with Gasteiger partial charge in [0, 0.05) is 6.42 Å². The maximum absolute atomic E-state index is 5.30. The monoisotopic (exact) mass is 227 g/mol. The van der Waals surface area contributed by atoms with Crippen LogP contribution in [0.1, 0.15) is 19.4 Å². The molecule has 0 aliphatic heterocycles. The lowest BCUT2D eigenvalue weighted by Crippen LogP contribution is -2.26. The number of hydrogen-bond acceptors (Lipinski definition) is 1. The normalized spacial score (nSPS) is 11.9. The summed E-state index contributed by atoms with van der Waals surface area (Å²) in [6.07, 6.45) is 0.887. The zero-order valence-electron chi connectivity index (χ0n) is 9.66. The zero-order chi connectivity index (χ0) is 11.6. The highest BCUT2D eigenvalue weighted by Crippen LogP contribution is 2.23. The predicted octanol–water partition coefficient (Wildman–Crippen LogP) is 3.26. The van der Waals surface area contributed by atoms with E-state index in [2.05, 4.69) is 66.8 Å². The maximum atomic E-state index is 5.30. The predicted molar refractivity (Wildman–Crippen MR) is 68.6 cm³/mol. The molecule has 0 aliphatic rings. The molecule has 0 atom stereocenters. The van der Waals surface area contributed by atoms with Crippen molar-refractivity contribution in [2.45, 2.75) is 25.9 Å². The van der Waals surface area contributed by atoms with Crippen LogP contribution in [0, 0.1) is 0 Å². The van der Waals surface area contributed by atoms with Crippen LogP contribution in [0.25, 0.3) is 10.8 Å². The summed E-state index contributed by atoms with van der Waals surface area (Å²) >= 11 is 0. The molecule has 0 N–H and O–H groups in total. The molecule has 0 aliphatic carbocycles. The first kappa shape index (κ1) is 11.4. The minimum absolute atomic E-state index is 0.193. The van der Waals surface area contributed by atoms with Crippen molar-refractivity contribution in [2.75, 3.05) is 0 Å². The highest BCUT2D eigenvalue weighted by atomic mass is 28.2. The second kappa shape index (κ2) is 4.40. The van der Waals surface area contributed by atoms with E-state index in [4.69, 9.17) is 4.43 Å². The lowest BCUT2D eigenvalue weighted by atomic mass is 9.94. The van der Waals surface area contributed by atoms with E-state index in [0.717, 1.165) is 6.42 Å². The van der Waals surface area contributed by atoms with Crippen molar-refractivity contribution < 1.29 is 4.43 Å². The van der Waals surface area contributed by atoms with E-state index < -0.39 is 0 Å². The number of benzene rings is 2. The van der Waals surface area contributed by atoms with Crippen molar-refractivity contribution in [3.05, 3.63) is 48.0 Å². The van der Waals surface area contributed by atoms with E-state index in [9.17, 15) is 0 Å². The fourth-order valence-electron chi connectivity index (χ4n) is 1.94. The molecule has 1 nitrogen and oxygen atoms in total. The van der Waals surface area contributed by atoms with E-state index in [1.807, 2.05) is 0 Å². The van der Waals surface area contributed by atoms with E-state index in [1.165, 1.54) is 16.3 Å². The average molecular weight is 227 g/mol. The second-order valence-corrected chi connectivity index (χ2v) is 4.88. The Bertz CT molecular complexity index is 486. The lowest BCUT2D eigenvalue weighted by Gasteiger charge is -2.24. The van der Waals surface area contributed by atoms with Crippen molar-refractivity contribution in [1.29, 1.82) is 0 Å². The third-order valence-corrected chi connectivity index (χ3v) is 3.32. The number of fused-ring (bicyclic) bond motifs is 1. The molecule has 0 heterocycles. The van der Waals surface area contributed by atoms with Gasteiger partial charge in [-0.1, -0.05) is 42.5 Å². The fraction of sp³-hybridized carbons (Fsp3) is 0.286. The van der Waals surface area contributed by atoms with Crippen molar-refractivity contribution in [2.24, 2.45) is 0 Å². The van der Waals surface area contributed by atoms with Crippen molar-refractivity contribution in [3.8, 4) is 0 Å². The Labute approximate surface area is 100.0 Å². The third kappa shape index (κ3) is 2.34. The van der Waals surface area contributed by atoms with Gasteiger partial charge in [-0.25, -0.2) is 0 Å². The van der Waals surface area contributed by atoms with Crippen molar-refractivity contribution >= 4 is 21.3 Å². The number of hydrogen-bond donors (Lipinski definition) is 0. The zero-order valence-corrected chi connectivity index (χ0v) is 10.7. The van der Waals surface area contributed by atoms with Gasteiger partial charge in [-0.05, 0) is 30.2 Å². The Kier molecular flexibility index (Phi) is 3.12. The topological polar surface area (TPSA) is 9.23 Å². The fourth-order valence-corrected chi connectivity index (χ4v) is 2.01. The minimum Gasteiger partial charge on any atom is -0.413 e. The molecule has 0 amide bonds. The van der Waals surface area contributed by atoms with Gasteiger partial charge in [0.25, 0.3) is 0 Å². The van der Waals surface area contributed by atoms with Crippen molar-refractivity contribution in [3.63, 3.8) is 0 Å². The van der Waals surface area contributed by atoms with E-state index in [0.29, 0.717) is 0 Å². The third-order valence-electron chi connectivity index (χ3n) is 2.77. The Morgan fingerprint density at radius 3 is 2.50 bits per heavy atom. The largest absolute Gasteiger partial charge is 0.413 e. The Morgan fingerprint density at radius 1 is 1.06 bits per heavy atom. The molecular weight excluding hydrogens is 212 g/mol. The summed E-state index contributed by atoms with van der Waals surface area (Å²) < 4.78 is 5.30. The van der Waals surface area contributed by atoms with E-state index in [1.54, 1.807) is 0 Å². The maximum Gasteiger partial charge on any atom is 0.246 e. The summed E-state index contributed by atoms with van der Waals surface area (Å²) in [5, 5.41) is 2.59. The first-order valence-electron chi connectivity index (χ1n) is 5.44. The quantitative estimate of drug-likeness (QED) is 0.731. The molecule has 0 bridgehead atoms. The molecule has 2 heteroatoms. The van der Waals surface area contributed by atoms with Gasteiger partial charge < -0.3 is 4.43 Å². The van der Waals surface area contributed by atoms with Crippen LogP contribution < -0.4 is 0 Å². The molecule has 0 saturated heterocycles. The van der Waals surface area contributed by atoms with Crippen LogP contribution in [0.15, 0.2) is 42.5 Å². The van der Waals surface area contributed by atoms with Crippen LogP contribution >= 0.6 is 0 Å². The first-order valence-corrected chi connectivity index (χ1v) is 5.84. The molecule has 0 unspecified atom stereocenters. The lowest BCUT2D eigenvalue weighted by molar-refractivity contribution is 0.124. The SMILES string of the molecule is CC(C)(Cc1cccc2ccccc12)O[Si]. The van der Waals surface area contributed by atoms with Crippen LogP contribution in [0.2, 0.25) is 0 Å². The van der Waals surface area contributed by atoms with E-state index >= 15 is 0 Å². The average Bonchev–Trinajstić information content (AvgIpc) is 2.29. The summed E-state index contributed by atoms with van der Waals surface area (Å²) in [5.41, 5.74) is 1.13. The molecule has 2 aromatic rings. The van der Waals surface area contributed by atoms with Crippen LogP contribution in [-0.4, -0.2) is 16.1 Å². The Morgan fingerprint density at radius 2 is 1.75 bits per heavy atom. The smallest absolute Gasteiger partial charge is 0.246 e. The molecule has 3 radical (unpaired) electrons. The van der Waals surface area contributed by atoms with Crippen LogP contribution in [0.5, 0.6) is 0 Å².